The van der Waals surface area contributed by atoms with Crippen molar-refractivity contribution >= 4 is 11.9 Å². The molecule has 2 unspecified atom stereocenters. The monoisotopic (exact) mass is 624 g/mol. The van der Waals surface area contributed by atoms with E-state index in [1.165, 1.54) is 38.5 Å². The molecule has 3 N–H and O–H groups in total. The lowest BCUT2D eigenvalue weighted by Gasteiger charge is -2.12. The number of esters is 2. The lowest BCUT2D eigenvalue weighted by molar-refractivity contribution is -0.152. The van der Waals surface area contributed by atoms with Gasteiger partial charge in [-0.1, -0.05) is 115 Å². The minimum absolute atomic E-state index is 0.162. The molecule has 0 aromatic heterocycles. The summed E-state index contributed by atoms with van der Waals surface area (Å²) in [5.74, 6) is -0.673. The number of unbranched alkanes of at least 4 members (excludes halogenated alkanes) is 14. The van der Waals surface area contributed by atoms with Gasteiger partial charge >= 0.3 is 11.9 Å². The highest BCUT2D eigenvalue weighted by molar-refractivity contribution is 5.69. The van der Waals surface area contributed by atoms with Gasteiger partial charge in [-0.3, -0.25) is 9.59 Å². The number of aliphatic hydroxyl groups excluding tert-OH is 3. The van der Waals surface area contributed by atoms with Crippen molar-refractivity contribution in [1.82, 2.24) is 0 Å². The van der Waals surface area contributed by atoms with Crippen molar-refractivity contribution in [3.05, 3.63) is 24.3 Å². The molecule has 0 aliphatic carbocycles. The van der Waals surface area contributed by atoms with Gasteiger partial charge in [0.1, 0.15) is 19.3 Å². The Labute approximate surface area is 269 Å². The first-order chi connectivity index (χ1) is 21.4. The van der Waals surface area contributed by atoms with E-state index in [-0.39, 0.29) is 37.4 Å². The average molecular weight is 625 g/mol. The molecule has 0 aliphatic rings. The average Bonchev–Trinajstić information content (AvgIpc) is 3.01. The first-order valence-electron chi connectivity index (χ1n) is 18.0. The minimum atomic E-state index is -1.01. The molecule has 0 aromatic rings. The van der Waals surface area contributed by atoms with Crippen molar-refractivity contribution in [1.29, 1.82) is 0 Å². The standard InChI is InChI=1S/C37H68O7/c1-3-5-7-19-25-33(38)27-21-15-11-9-13-17-23-29-36(41)43-31-35(40)32-44-37(42)30-24-18-14-10-12-16-22-28-34(39)26-20-8-6-4-2/h15-16,21-22,33-35,38-40H,3-14,17-20,23-32H2,1-2H3/b21-15+,22-16+. The van der Waals surface area contributed by atoms with Crippen LogP contribution in [-0.2, 0) is 19.1 Å². The molecule has 0 amide bonds. The summed E-state index contributed by atoms with van der Waals surface area (Å²) in [7, 11) is 0. The van der Waals surface area contributed by atoms with E-state index in [0.29, 0.717) is 12.8 Å². The van der Waals surface area contributed by atoms with Crippen LogP contribution in [0.3, 0.4) is 0 Å². The number of carbonyl (C=O) groups is 2. The first-order valence-corrected chi connectivity index (χ1v) is 18.0. The molecule has 0 saturated heterocycles. The quantitative estimate of drug-likeness (QED) is 0.0390. The van der Waals surface area contributed by atoms with E-state index < -0.39 is 6.10 Å². The molecule has 0 spiro atoms. The largest absolute Gasteiger partial charge is 0.463 e. The lowest BCUT2D eigenvalue weighted by Crippen LogP contribution is -2.25. The zero-order chi connectivity index (χ0) is 32.5. The highest BCUT2D eigenvalue weighted by Gasteiger charge is 2.12. The summed E-state index contributed by atoms with van der Waals surface area (Å²) < 4.78 is 10.2. The zero-order valence-corrected chi connectivity index (χ0v) is 28.4. The van der Waals surface area contributed by atoms with E-state index in [1.54, 1.807) is 0 Å². The highest BCUT2D eigenvalue weighted by Crippen LogP contribution is 2.12. The summed E-state index contributed by atoms with van der Waals surface area (Å²) in [5.41, 5.74) is 0. The third-order valence-electron chi connectivity index (χ3n) is 7.81. The Morgan fingerprint density at radius 1 is 0.500 bits per heavy atom. The Hall–Kier alpha value is -1.70. The number of allylic oxidation sites excluding steroid dienone is 2. The molecule has 0 fully saturated rings. The summed E-state index contributed by atoms with van der Waals surface area (Å²) in [4.78, 5) is 23.8. The maximum atomic E-state index is 11.9. The molecule has 0 radical (unpaired) electrons. The second kappa shape index (κ2) is 32.7. The molecule has 7 nitrogen and oxygen atoms in total. The molecule has 0 heterocycles. The van der Waals surface area contributed by atoms with Crippen LogP contribution in [0.1, 0.15) is 168 Å². The van der Waals surface area contributed by atoms with Crippen molar-refractivity contribution < 1.29 is 34.4 Å². The van der Waals surface area contributed by atoms with E-state index in [2.05, 4.69) is 38.2 Å². The molecule has 0 aliphatic heterocycles. The Morgan fingerprint density at radius 3 is 1.30 bits per heavy atom. The number of rotatable bonds is 32. The molecule has 0 rings (SSSR count). The van der Waals surface area contributed by atoms with Crippen molar-refractivity contribution in [3.63, 3.8) is 0 Å². The van der Waals surface area contributed by atoms with E-state index >= 15 is 0 Å². The van der Waals surface area contributed by atoms with Gasteiger partial charge in [0.2, 0.25) is 0 Å². The second-order valence-corrected chi connectivity index (χ2v) is 12.3. The number of ether oxygens (including phenoxy) is 2. The molecule has 7 heteroatoms. The van der Waals surface area contributed by atoms with E-state index in [9.17, 15) is 24.9 Å². The number of carbonyl (C=O) groups excluding carboxylic acids is 2. The smallest absolute Gasteiger partial charge is 0.305 e. The molecule has 0 saturated carbocycles. The van der Waals surface area contributed by atoms with Crippen LogP contribution in [0, 0.1) is 0 Å². The van der Waals surface area contributed by atoms with E-state index in [0.717, 1.165) is 103 Å². The van der Waals surface area contributed by atoms with Crippen LogP contribution in [0.25, 0.3) is 0 Å². The third-order valence-corrected chi connectivity index (χ3v) is 7.81. The molecule has 44 heavy (non-hydrogen) atoms. The second-order valence-electron chi connectivity index (χ2n) is 12.3. The Morgan fingerprint density at radius 2 is 0.886 bits per heavy atom. The summed E-state index contributed by atoms with van der Waals surface area (Å²) in [6.45, 7) is 4.06. The van der Waals surface area contributed by atoms with Crippen molar-refractivity contribution in [3.8, 4) is 0 Å². The van der Waals surface area contributed by atoms with Gasteiger partial charge in [-0.15, -0.1) is 0 Å². The molecular formula is C37H68O7. The number of aliphatic hydroxyl groups is 3. The predicted octanol–water partition coefficient (Wildman–Crippen LogP) is 8.67. The third kappa shape index (κ3) is 31.7. The van der Waals surface area contributed by atoms with Gasteiger partial charge in [-0.05, 0) is 64.2 Å². The van der Waals surface area contributed by atoms with Gasteiger partial charge in [0, 0.05) is 12.8 Å². The van der Waals surface area contributed by atoms with Crippen molar-refractivity contribution in [2.45, 2.75) is 186 Å². The van der Waals surface area contributed by atoms with E-state index in [4.69, 9.17) is 9.47 Å². The van der Waals surface area contributed by atoms with Crippen LogP contribution in [0.15, 0.2) is 24.3 Å². The molecule has 258 valence electrons. The zero-order valence-electron chi connectivity index (χ0n) is 28.4. The van der Waals surface area contributed by atoms with Gasteiger partial charge in [0.15, 0.2) is 0 Å². The molecular weight excluding hydrogens is 556 g/mol. The summed E-state index contributed by atoms with van der Waals surface area (Å²) in [6, 6.07) is 0. The molecule has 0 bridgehead atoms. The minimum Gasteiger partial charge on any atom is -0.463 e. The van der Waals surface area contributed by atoms with Gasteiger partial charge in [-0.2, -0.15) is 0 Å². The summed E-state index contributed by atoms with van der Waals surface area (Å²) in [6.07, 6.45) is 30.0. The van der Waals surface area contributed by atoms with Gasteiger partial charge in [-0.25, -0.2) is 0 Å². The van der Waals surface area contributed by atoms with Crippen LogP contribution in [0.2, 0.25) is 0 Å². The fourth-order valence-corrected chi connectivity index (χ4v) is 4.93. The fraction of sp³-hybridized carbons (Fsp3) is 0.838. The first kappa shape index (κ1) is 42.3. The number of hydrogen-bond acceptors (Lipinski definition) is 7. The topological polar surface area (TPSA) is 113 Å². The molecule has 2 atom stereocenters. The van der Waals surface area contributed by atoms with Crippen LogP contribution in [0.4, 0.5) is 0 Å². The van der Waals surface area contributed by atoms with Crippen molar-refractivity contribution in [2.24, 2.45) is 0 Å². The van der Waals surface area contributed by atoms with Crippen LogP contribution < -0.4 is 0 Å². The normalized spacial score (nSPS) is 13.8. The van der Waals surface area contributed by atoms with Crippen LogP contribution in [-0.4, -0.2) is 58.8 Å². The number of hydrogen-bond donors (Lipinski definition) is 3. The van der Waals surface area contributed by atoms with Crippen molar-refractivity contribution in [2.75, 3.05) is 13.2 Å². The summed E-state index contributed by atoms with van der Waals surface area (Å²) in [5, 5.41) is 29.9. The Kier molecular flexibility index (Phi) is 31.4. The molecule has 0 aromatic carbocycles. The maximum absolute atomic E-state index is 11.9. The highest BCUT2D eigenvalue weighted by atomic mass is 16.6. The van der Waals surface area contributed by atoms with Crippen LogP contribution >= 0.6 is 0 Å². The summed E-state index contributed by atoms with van der Waals surface area (Å²) >= 11 is 0. The lowest BCUT2D eigenvalue weighted by atomic mass is 10.1. The Balaban J connectivity index is 3.57. The Bertz CT molecular complexity index is 648. The van der Waals surface area contributed by atoms with Crippen LogP contribution in [0.5, 0.6) is 0 Å². The van der Waals surface area contributed by atoms with Gasteiger partial charge in [0.05, 0.1) is 12.2 Å². The fourth-order valence-electron chi connectivity index (χ4n) is 4.93. The predicted molar refractivity (Wildman–Crippen MR) is 180 cm³/mol. The van der Waals surface area contributed by atoms with Gasteiger partial charge in [0.25, 0.3) is 0 Å². The maximum Gasteiger partial charge on any atom is 0.305 e. The van der Waals surface area contributed by atoms with Gasteiger partial charge < -0.3 is 24.8 Å². The van der Waals surface area contributed by atoms with E-state index in [1.807, 2.05) is 0 Å². The SMILES string of the molecule is CCCCCCC(O)C/C=C/CCCCCCC(=O)OCC(O)COC(=O)CCCCCC/C=C/CC(O)CCCCCC.